The third-order valence-electron chi connectivity index (χ3n) is 7.87. The fraction of sp³-hybridized carbons (Fsp3) is 0.300. The van der Waals surface area contributed by atoms with Gasteiger partial charge in [0.15, 0.2) is 20.2 Å². The number of benzene rings is 3. The molecule has 228 valence electrons. The molecule has 45 heavy (non-hydrogen) atoms. The summed E-state index contributed by atoms with van der Waals surface area (Å²) < 4.78 is 19.7. The van der Waals surface area contributed by atoms with E-state index < -0.39 is 54.3 Å². The van der Waals surface area contributed by atoms with Crippen LogP contribution in [0.1, 0.15) is 37.5 Å². The van der Waals surface area contributed by atoms with E-state index in [1.165, 1.54) is 0 Å². The highest BCUT2D eigenvalue weighted by molar-refractivity contribution is 5.34. The third-order valence-corrected chi connectivity index (χ3v) is 7.87. The van der Waals surface area contributed by atoms with Crippen molar-refractivity contribution >= 4 is 0 Å². The molecule has 0 amide bonds. The van der Waals surface area contributed by atoms with E-state index in [2.05, 4.69) is 30.7 Å². The van der Waals surface area contributed by atoms with Crippen molar-refractivity contribution in [2.45, 2.75) is 58.0 Å². The molecule has 0 bridgehead atoms. The lowest BCUT2D eigenvalue weighted by Crippen LogP contribution is -2.56. The van der Waals surface area contributed by atoms with Crippen molar-refractivity contribution in [1.29, 1.82) is 0 Å². The Balaban J connectivity index is 1.14. The molecule has 15 nitrogen and oxygen atoms in total. The lowest BCUT2D eigenvalue weighted by molar-refractivity contribution is 0.164. The quantitative estimate of drug-likeness (QED) is 0.233. The fourth-order valence-electron chi connectivity index (χ4n) is 4.60. The van der Waals surface area contributed by atoms with Gasteiger partial charge in [0.05, 0.1) is 0 Å². The molecule has 0 unspecified atom stereocenters. The number of ether oxygens (including phenoxy) is 3. The molecule has 7 rings (SSSR count). The summed E-state index contributed by atoms with van der Waals surface area (Å²) >= 11 is 0. The molecule has 0 aliphatic carbocycles. The minimum Gasteiger partial charge on any atom is -0.472 e. The van der Waals surface area contributed by atoms with Crippen LogP contribution in [0.5, 0.6) is 17.2 Å². The topological polar surface area (TPSA) is 168 Å². The second-order valence-electron chi connectivity index (χ2n) is 11.2. The zero-order valence-electron chi connectivity index (χ0n) is 24.5. The van der Waals surface area contributed by atoms with Gasteiger partial charge in [-0.1, -0.05) is 36.4 Å². The molecule has 4 heterocycles. The van der Waals surface area contributed by atoms with Crippen LogP contribution in [0.15, 0.2) is 118 Å². The van der Waals surface area contributed by atoms with Gasteiger partial charge in [-0.3, -0.25) is 0 Å². The van der Waals surface area contributed by atoms with Crippen LogP contribution in [0, 0.1) is 0 Å². The minimum atomic E-state index is -0.907. The summed E-state index contributed by atoms with van der Waals surface area (Å²) in [6.07, 6.45) is 0. The van der Waals surface area contributed by atoms with Gasteiger partial charge in [0.25, 0.3) is 0 Å². The number of nitrogens with zero attached hydrogens (tertiary/aromatic N) is 9. The Morgan fingerprint density at radius 3 is 0.867 bits per heavy atom. The second kappa shape index (κ2) is 10.2. The van der Waals surface area contributed by atoms with E-state index in [0.717, 1.165) is 30.4 Å². The first-order valence-corrected chi connectivity index (χ1v) is 14.0. The van der Waals surface area contributed by atoms with Crippen LogP contribution < -0.4 is 31.3 Å². The van der Waals surface area contributed by atoms with Crippen molar-refractivity contribution in [3.8, 4) is 17.2 Å². The predicted molar refractivity (Wildman–Crippen MR) is 157 cm³/mol. The molecule has 3 aliphatic heterocycles. The van der Waals surface area contributed by atoms with Gasteiger partial charge in [0.2, 0.25) is 17.0 Å². The molecule has 0 radical (unpaired) electrons. The van der Waals surface area contributed by atoms with Gasteiger partial charge in [-0.05, 0) is 57.2 Å². The number of hydrogen-bond donors (Lipinski definition) is 0. The summed E-state index contributed by atoms with van der Waals surface area (Å²) in [4.78, 5) is 40.3. The molecular formula is C30H27N9O6. The SMILES string of the molecule is CC1(c2ccc(OCn3c(=O)n(COc4ccc(C5(C)N=N5)cc4)c(=O)n(COc4ccc(C5(C)N=N5)cc4)c3=O)cc2)N=N1. The summed E-state index contributed by atoms with van der Waals surface area (Å²) in [5.41, 5.74) is -1.75. The van der Waals surface area contributed by atoms with E-state index in [1.807, 2.05) is 20.8 Å². The molecule has 0 N–H and O–H groups in total. The van der Waals surface area contributed by atoms with Gasteiger partial charge in [0, 0.05) is 16.7 Å². The molecule has 0 spiro atoms. The predicted octanol–water partition coefficient (Wildman–Crippen LogP) is 4.20. The standard InChI is InChI=1S/C30H27N9O6/c1-28(31-32-28)19-4-10-22(11-5-19)43-16-37-25(40)38(17-44-23-12-6-20(7-13-23)29(2)33-34-29)27(42)39(26(37)41)18-45-24-14-8-21(9-15-24)30(3)35-36-30/h4-15H,16-18H2,1-3H3. The van der Waals surface area contributed by atoms with E-state index in [9.17, 15) is 14.4 Å². The van der Waals surface area contributed by atoms with Gasteiger partial charge < -0.3 is 14.2 Å². The normalized spacial score (nSPS) is 17.1. The fourth-order valence-corrected chi connectivity index (χ4v) is 4.60. The molecule has 3 aliphatic rings. The highest BCUT2D eigenvalue weighted by atomic mass is 16.5. The van der Waals surface area contributed by atoms with Crippen molar-refractivity contribution in [2.24, 2.45) is 30.7 Å². The average Bonchev–Trinajstić information content (AvgIpc) is 3.99. The van der Waals surface area contributed by atoms with Gasteiger partial charge in [-0.25, -0.2) is 28.1 Å². The Labute approximate surface area is 254 Å². The van der Waals surface area contributed by atoms with Crippen molar-refractivity contribution in [3.05, 3.63) is 121 Å². The lowest BCUT2D eigenvalue weighted by Gasteiger charge is -2.16. The maximum Gasteiger partial charge on any atom is 0.341 e. The van der Waals surface area contributed by atoms with Crippen molar-refractivity contribution in [2.75, 3.05) is 0 Å². The first-order chi connectivity index (χ1) is 21.6. The number of hydrogen-bond acceptors (Lipinski definition) is 12. The van der Waals surface area contributed by atoms with E-state index in [4.69, 9.17) is 14.2 Å². The molecule has 4 aromatic rings. The van der Waals surface area contributed by atoms with Gasteiger partial charge in [-0.2, -0.15) is 30.7 Å². The van der Waals surface area contributed by atoms with Crippen molar-refractivity contribution in [3.63, 3.8) is 0 Å². The first-order valence-electron chi connectivity index (χ1n) is 14.0. The second-order valence-corrected chi connectivity index (χ2v) is 11.2. The molecule has 15 heteroatoms. The molecule has 1 aromatic heterocycles. The molecule has 0 fully saturated rings. The van der Waals surface area contributed by atoms with E-state index in [1.54, 1.807) is 72.8 Å². The van der Waals surface area contributed by atoms with Crippen LogP contribution in [-0.4, -0.2) is 13.7 Å². The Kier molecular flexibility index (Phi) is 6.35. The Bertz CT molecular complexity index is 1780. The third kappa shape index (κ3) is 5.43. The molecule has 0 saturated heterocycles. The molecule has 3 aromatic carbocycles. The zero-order chi connectivity index (χ0) is 31.4. The van der Waals surface area contributed by atoms with Gasteiger partial charge >= 0.3 is 17.1 Å². The van der Waals surface area contributed by atoms with Crippen LogP contribution in [0.2, 0.25) is 0 Å². The zero-order valence-corrected chi connectivity index (χ0v) is 24.5. The highest BCUT2D eigenvalue weighted by Gasteiger charge is 2.37. The average molecular weight is 610 g/mol. The van der Waals surface area contributed by atoms with Crippen LogP contribution in [0.4, 0.5) is 0 Å². The molecule has 0 saturated carbocycles. The summed E-state index contributed by atoms with van der Waals surface area (Å²) in [5.74, 6) is 1.20. The van der Waals surface area contributed by atoms with Crippen molar-refractivity contribution in [1.82, 2.24) is 13.7 Å². The highest BCUT2D eigenvalue weighted by Crippen LogP contribution is 2.40. The first kappa shape index (κ1) is 28.1. The largest absolute Gasteiger partial charge is 0.472 e. The van der Waals surface area contributed by atoms with E-state index in [-0.39, 0.29) is 0 Å². The smallest absolute Gasteiger partial charge is 0.341 e. The Hall–Kier alpha value is -5.73. The number of aromatic nitrogens is 3. The number of rotatable bonds is 12. The summed E-state index contributed by atoms with van der Waals surface area (Å²) in [6.45, 7) is 4.22. The Morgan fingerprint density at radius 2 is 0.667 bits per heavy atom. The molecule has 0 atom stereocenters. The monoisotopic (exact) mass is 609 g/mol. The van der Waals surface area contributed by atoms with Crippen LogP contribution in [0.3, 0.4) is 0 Å². The Morgan fingerprint density at radius 1 is 0.444 bits per heavy atom. The molecular weight excluding hydrogens is 582 g/mol. The summed E-state index contributed by atoms with van der Waals surface area (Å²) in [6, 6.07) is 20.9. The van der Waals surface area contributed by atoms with Crippen LogP contribution in [-0.2, 0) is 37.2 Å². The van der Waals surface area contributed by atoms with E-state index >= 15 is 0 Å². The van der Waals surface area contributed by atoms with Gasteiger partial charge in [-0.15, -0.1) is 0 Å². The van der Waals surface area contributed by atoms with E-state index in [0.29, 0.717) is 17.2 Å². The summed E-state index contributed by atoms with van der Waals surface area (Å²) in [7, 11) is 0. The van der Waals surface area contributed by atoms with Crippen LogP contribution in [0.25, 0.3) is 0 Å². The maximum absolute atomic E-state index is 13.4. The minimum absolute atomic E-state index is 0.400. The summed E-state index contributed by atoms with van der Waals surface area (Å²) in [5, 5.41) is 24.1. The lowest BCUT2D eigenvalue weighted by atomic mass is 10.1. The van der Waals surface area contributed by atoms with Crippen LogP contribution >= 0.6 is 0 Å². The maximum atomic E-state index is 13.4. The van der Waals surface area contributed by atoms with Gasteiger partial charge in [0.1, 0.15) is 17.2 Å². The van der Waals surface area contributed by atoms with Crippen molar-refractivity contribution < 1.29 is 14.2 Å².